The van der Waals surface area contributed by atoms with Crippen molar-refractivity contribution in [1.82, 2.24) is 10.6 Å². The highest BCUT2D eigenvalue weighted by Gasteiger charge is 2.18. The van der Waals surface area contributed by atoms with Crippen molar-refractivity contribution in [3.8, 4) is 5.75 Å². The Morgan fingerprint density at radius 2 is 2.28 bits per heavy atom. The Morgan fingerprint density at radius 1 is 1.44 bits per heavy atom. The van der Waals surface area contributed by atoms with Crippen molar-refractivity contribution in [2.24, 2.45) is 0 Å². The number of carbonyl (C=O) groups is 1. The second kappa shape index (κ2) is 10.5. The van der Waals surface area contributed by atoms with Gasteiger partial charge in [-0.15, -0.1) is 0 Å². The summed E-state index contributed by atoms with van der Waals surface area (Å²) in [6, 6.07) is 3.18. The lowest BCUT2D eigenvalue weighted by Crippen LogP contribution is -2.45. The number of nitrogen functional groups attached to an aromatic ring is 1. The molecule has 6 nitrogen and oxygen atoms in total. The summed E-state index contributed by atoms with van der Waals surface area (Å²) < 4.78 is 11.4. The minimum Gasteiger partial charge on any atom is -0.493 e. The van der Waals surface area contributed by atoms with Crippen LogP contribution in [0.1, 0.15) is 43.0 Å². The molecule has 1 aliphatic rings. The van der Waals surface area contributed by atoms with E-state index in [1.807, 2.05) is 0 Å². The van der Waals surface area contributed by atoms with Crippen LogP contribution < -0.4 is 21.1 Å². The molecule has 0 spiro atoms. The van der Waals surface area contributed by atoms with Crippen LogP contribution in [0.3, 0.4) is 0 Å². The van der Waals surface area contributed by atoms with Crippen molar-refractivity contribution in [3.63, 3.8) is 0 Å². The number of nitrogens with one attached hydrogen (secondary N) is 2. The summed E-state index contributed by atoms with van der Waals surface area (Å²) in [5, 5.41) is 6.46. The lowest BCUT2D eigenvalue weighted by Gasteiger charge is -2.24. The number of nitrogens with two attached hydrogens (primary N) is 1. The first-order valence-corrected chi connectivity index (χ1v) is 9.32. The maximum absolute atomic E-state index is 12.5. The molecule has 25 heavy (non-hydrogen) atoms. The highest BCUT2D eigenvalue weighted by molar-refractivity contribution is 6.33. The Balaban J connectivity index is 1.96. The van der Waals surface area contributed by atoms with E-state index in [0.717, 1.165) is 25.9 Å². The zero-order valence-electron chi connectivity index (χ0n) is 14.8. The van der Waals surface area contributed by atoms with Crippen molar-refractivity contribution >= 4 is 23.2 Å². The Hall–Kier alpha value is -1.50. The average molecular weight is 370 g/mol. The zero-order chi connectivity index (χ0) is 18.1. The third kappa shape index (κ3) is 6.38. The number of rotatable bonds is 9. The molecule has 4 N–H and O–H groups in total. The summed E-state index contributed by atoms with van der Waals surface area (Å²) in [7, 11) is 0. The quantitative estimate of drug-likeness (QED) is 0.460. The van der Waals surface area contributed by atoms with Crippen molar-refractivity contribution in [1.29, 1.82) is 0 Å². The summed E-state index contributed by atoms with van der Waals surface area (Å²) in [5.41, 5.74) is 6.67. The second-order valence-corrected chi connectivity index (χ2v) is 6.59. The standard InChI is InChI=1S/C18H28ClN3O3/c1-2-3-4-5-7-25-17-10-16(20)15(19)9-14(17)18(23)22-12-13-11-21-6-8-24-13/h9-10,13,21H,2-8,11-12,20H2,1H3,(H,22,23). The molecule has 0 bridgehead atoms. The van der Waals surface area contributed by atoms with Gasteiger partial charge >= 0.3 is 0 Å². The number of amides is 1. The number of unbranched alkanes of at least 4 members (excludes halogenated alkanes) is 3. The number of morpholine rings is 1. The van der Waals surface area contributed by atoms with Crippen LogP contribution in [0.15, 0.2) is 12.1 Å². The van der Waals surface area contributed by atoms with Crippen LogP contribution in [-0.4, -0.2) is 44.9 Å². The molecule has 7 heteroatoms. The molecular weight excluding hydrogens is 342 g/mol. The molecule has 0 radical (unpaired) electrons. The number of halogens is 1. The van der Waals surface area contributed by atoms with Crippen molar-refractivity contribution in [3.05, 3.63) is 22.7 Å². The SMILES string of the molecule is CCCCCCOc1cc(N)c(Cl)cc1C(=O)NCC1CNCCO1. The Kier molecular flexibility index (Phi) is 8.31. The average Bonchev–Trinajstić information content (AvgIpc) is 2.63. The van der Waals surface area contributed by atoms with Gasteiger partial charge in [-0.1, -0.05) is 37.8 Å². The normalized spacial score (nSPS) is 17.3. The molecule has 1 aromatic carbocycles. The van der Waals surface area contributed by atoms with Gasteiger partial charge in [0.15, 0.2) is 0 Å². The van der Waals surface area contributed by atoms with Gasteiger partial charge in [0.2, 0.25) is 0 Å². The minimum absolute atomic E-state index is 0.0274. The Morgan fingerprint density at radius 3 is 3.00 bits per heavy atom. The number of hydrogen-bond donors (Lipinski definition) is 3. The van der Waals surface area contributed by atoms with Gasteiger partial charge in [-0.3, -0.25) is 4.79 Å². The Bertz CT molecular complexity index is 563. The fourth-order valence-electron chi connectivity index (χ4n) is 2.63. The van der Waals surface area contributed by atoms with Crippen LogP contribution in [0, 0.1) is 0 Å². The van der Waals surface area contributed by atoms with E-state index in [1.54, 1.807) is 12.1 Å². The predicted octanol–water partition coefficient (Wildman–Crippen LogP) is 2.60. The number of anilines is 1. The molecule has 1 aromatic rings. The molecule has 140 valence electrons. The molecule has 2 rings (SSSR count). The summed E-state index contributed by atoms with van der Waals surface area (Å²) in [5.74, 6) is 0.234. The number of hydrogen-bond acceptors (Lipinski definition) is 5. The minimum atomic E-state index is -0.236. The lowest BCUT2D eigenvalue weighted by atomic mass is 10.1. The molecule has 1 atom stereocenters. The number of ether oxygens (including phenoxy) is 2. The molecule has 0 aliphatic carbocycles. The van der Waals surface area contributed by atoms with E-state index in [-0.39, 0.29) is 12.0 Å². The first kappa shape index (κ1) is 19.8. The van der Waals surface area contributed by atoms with Gasteiger partial charge in [0.05, 0.1) is 35.6 Å². The smallest absolute Gasteiger partial charge is 0.255 e. The monoisotopic (exact) mass is 369 g/mol. The van der Waals surface area contributed by atoms with E-state index in [4.69, 9.17) is 26.8 Å². The molecular formula is C18H28ClN3O3. The number of carbonyl (C=O) groups excluding carboxylic acids is 1. The third-order valence-electron chi connectivity index (χ3n) is 4.09. The van der Waals surface area contributed by atoms with Gasteiger partial charge in [-0.2, -0.15) is 0 Å². The van der Waals surface area contributed by atoms with Gasteiger partial charge < -0.3 is 25.8 Å². The molecule has 1 amide bonds. The van der Waals surface area contributed by atoms with Gasteiger partial charge in [0, 0.05) is 25.7 Å². The molecule has 1 unspecified atom stereocenters. The zero-order valence-corrected chi connectivity index (χ0v) is 15.5. The van der Waals surface area contributed by atoms with E-state index in [0.29, 0.717) is 41.8 Å². The van der Waals surface area contributed by atoms with Gasteiger partial charge in [0.1, 0.15) is 5.75 Å². The first-order chi connectivity index (χ1) is 12.1. The second-order valence-electron chi connectivity index (χ2n) is 6.19. The highest BCUT2D eigenvalue weighted by Crippen LogP contribution is 2.29. The fourth-order valence-corrected chi connectivity index (χ4v) is 2.79. The predicted molar refractivity (Wildman–Crippen MR) is 100 cm³/mol. The van der Waals surface area contributed by atoms with Gasteiger partial charge in [0.25, 0.3) is 5.91 Å². The molecule has 1 aliphatic heterocycles. The molecule has 0 saturated carbocycles. The van der Waals surface area contributed by atoms with Crippen molar-refractivity contribution < 1.29 is 14.3 Å². The topological polar surface area (TPSA) is 85.6 Å². The van der Waals surface area contributed by atoms with Crippen LogP contribution >= 0.6 is 11.6 Å². The summed E-state index contributed by atoms with van der Waals surface area (Å²) >= 11 is 6.09. The summed E-state index contributed by atoms with van der Waals surface area (Å²) in [4.78, 5) is 12.5. The van der Waals surface area contributed by atoms with Crippen molar-refractivity contribution in [2.75, 3.05) is 38.6 Å². The third-order valence-corrected chi connectivity index (χ3v) is 4.42. The van der Waals surface area contributed by atoms with Gasteiger partial charge in [-0.05, 0) is 12.5 Å². The maximum Gasteiger partial charge on any atom is 0.255 e. The van der Waals surface area contributed by atoms with E-state index in [2.05, 4.69) is 17.6 Å². The van der Waals surface area contributed by atoms with E-state index in [1.165, 1.54) is 12.8 Å². The van der Waals surface area contributed by atoms with Crippen LogP contribution in [0.25, 0.3) is 0 Å². The Labute approximate surface area is 154 Å². The fraction of sp³-hybridized carbons (Fsp3) is 0.611. The van der Waals surface area contributed by atoms with Crippen LogP contribution in [0.2, 0.25) is 5.02 Å². The van der Waals surface area contributed by atoms with Crippen molar-refractivity contribution in [2.45, 2.75) is 38.7 Å². The summed E-state index contributed by atoms with van der Waals surface area (Å²) in [6.45, 7) is 5.37. The van der Waals surface area contributed by atoms with E-state index >= 15 is 0 Å². The number of benzene rings is 1. The molecule has 1 heterocycles. The van der Waals surface area contributed by atoms with E-state index in [9.17, 15) is 4.79 Å². The maximum atomic E-state index is 12.5. The van der Waals surface area contributed by atoms with Crippen LogP contribution in [0.4, 0.5) is 5.69 Å². The van der Waals surface area contributed by atoms with E-state index < -0.39 is 0 Å². The van der Waals surface area contributed by atoms with Gasteiger partial charge in [-0.25, -0.2) is 0 Å². The molecule has 1 saturated heterocycles. The first-order valence-electron chi connectivity index (χ1n) is 8.94. The molecule has 1 fully saturated rings. The summed E-state index contributed by atoms with van der Waals surface area (Å²) in [6.07, 6.45) is 4.36. The highest BCUT2D eigenvalue weighted by atomic mass is 35.5. The van der Waals surface area contributed by atoms with Crippen LogP contribution in [0.5, 0.6) is 5.75 Å². The lowest BCUT2D eigenvalue weighted by molar-refractivity contribution is 0.0287. The molecule has 0 aromatic heterocycles. The van der Waals surface area contributed by atoms with Crippen LogP contribution in [-0.2, 0) is 4.74 Å². The largest absolute Gasteiger partial charge is 0.493 e.